The second kappa shape index (κ2) is 6.09. The van der Waals surface area contributed by atoms with E-state index in [-0.39, 0.29) is 5.91 Å². The van der Waals surface area contributed by atoms with Crippen LogP contribution in [0, 0.1) is 0 Å². The number of hydrogen-bond acceptors (Lipinski definition) is 2. The van der Waals surface area contributed by atoms with Gasteiger partial charge in [-0.1, -0.05) is 32.0 Å². The molecule has 1 aromatic carbocycles. The van der Waals surface area contributed by atoms with E-state index in [1.165, 1.54) is 11.3 Å². The standard InChI is InChI=1S/C16H24N2O/c1-4-13(5-2)18(3)16(19)10-12-11-17-15-9-7-6-8-14(12)15/h6-9,12-13,17H,4-5,10-11H2,1-3H3. The van der Waals surface area contributed by atoms with Gasteiger partial charge >= 0.3 is 0 Å². The number of anilines is 1. The van der Waals surface area contributed by atoms with Crippen molar-refractivity contribution in [3.63, 3.8) is 0 Å². The number of rotatable bonds is 5. The topological polar surface area (TPSA) is 32.3 Å². The highest BCUT2D eigenvalue weighted by Gasteiger charge is 2.26. The molecule has 0 saturated heterocycles. The van der Waals surface area contributed by atoms with Crippen molar-refractivity contribution in [2.45, 2.75) is 45.1 Å². The summed E-state index contributed by atoms with van der Waals surface area (Å²) in [7, 11) is 1.94. The van der Waals surface area contributed by atoms with Crippen LogP contribution < -0.4 is 5.32 Å². The molecule has 19 heavy (non-hydrogen) atoms. The van der Waals surface area contributed by atoms with E-state index < -0.39 is 0 Å². The number of carbonyl (C=O) groups is 1. The lowest BCUT2D eigenvalue weighted by Gasteiger charge is -2.27. The molecule has 1 heterocycles. The minimum absolute atomic E-state index is 0.261. The Hall–Kier alpha value is -1.51. The molecular weight excluding hydrogens is 236 g/mol. The lowest BCUT2D eigenvalue weighted by Crippen LogP contribution is -2.37. The zero-order chi connectivity index (χ0) is 13.8. The quantitative estimate of drug-likeness (QED) is 0.881. The summed E-state index contributed by atoms with van der Waals surface area (Å²) >= 11 is 0. The molecule has 1 amide bonds. The first-order chi connectivity index (χ1) is 9.17. The third-order valence-electron chi connectivity index (χ3n) is 4.24. The van der Waals surface area contributed by atoms with E-state index in [9.17, 15) is 4.79 Å². The molecule has 0 aromatic heterocycles. The maximum Gasteiger partial charge on any atom is 0.223 e. The van der Waals surface area contributed by atoms with Crippen LogP contribution in [0.2, 0.25) is 0 Å². The number of benzene rings is 1. The number of para-hydroxylation sites is 1. The van der Waals surface area contributed by atoms with Gasteiger partial charge in [-0.15, -0.1) is 0 Å². The van der Waals surface area contributed by atoms with Crippen LogP contribution in [-0.4, -0.2) is 30.4 Å². The molecule has 0 bridgehead atoms. The first-order valence-electron chi connectivity index (χ1n) is 7.25. The molecule has 3 nitrogen and oxygen atoms in total. The summed E-state index contributed by atoms with van der Waals surface area (Å²) in [6, 6.07) is 8.67. The highest BCUT2D eigenvalue weighted by Crippen LogP contribution is 2.33. The van der Waals surface area contributed by atoms with Crippen LogP contribution in [0.3, 0.4) is 0 Å². The van der Waals surface area contributed by atoms with Gasteiger partial charge in [0.1, 0.15) is 0 Å². The summed E-state index contributed by atoms with van der Waals surface area (Å²) in [5, 5.41) is 3.38. The van der Waals surface area contributed by atoms with E-state index in [4.69, 9.17) is 0 Å². The van der Waals surface area contributed by atoms with E-state index in [2.05, 4.69) is 31.3 Å². The molecular formula is C16H24N2O. The number of nitrogens with one attached hydrogen (secondary N) is 1. The predicted octanol–water partition coefficient (Wildman–Crippen LogP) is 3.23. The molecule has 2 rings (SSSR count). The molecule has 1 aromatic rings. The number of nitrogens with zero attached hydrogens (tertiary/aromatic N) is 1. The van der Waals surface area contributed by atoms with Crippen LogP contribution in [0.5, 0.6) is 0 Å². The average Bonchev–Trinajstić information content (AvgIpc) is 2.83. The zero-order valence-electron chi connectivity index (χ0n) is 12.1. The van der Waals surface area contributed by atoms with E-state index in [0.29, 0.717) is 18.4 Å². The Morgan fingerprint density at radius 2 is 2.05 bits per heavy atom. The fourth-order valence-electron chi connectivity index (χ4n) is 2.93. The van der Waals surface area contributed by atoms with Crippen LogP contribution in [0.4, 0.5) is 5.69 Å². The second-order valence-electron chi connectivity index (χ2n) is 5.34. The Morgan fingerprint density at radius 1 is 1.37 bits per heavy atom. The average molecular weight is 260 g/mol. The van der Waals surface area contributed by atoms with Gasteiger partial charge in [-0.05, 0) is 24.5 Å². The Morgan fingerprint density at radius 3 is 2.74 bits per heavy atom. The summed E-state index contributed by atoms with van der Waals surface area (Å²) in [4.78, 5) is 14.3. The van der Waals surface area contributed by atoms with E-state index in [0.717, 1.165) is 19.4 Å². The molecule has 1 N–H and O–H groups in total. The first-order valence-corrected chi connectivity index (χ1v) is 7.25. The summed E-state index contributed by atoms with van der Waals surface area (Å²) < 4.78 is 0. The molecule has 0 saturated carbocycles. The maximum absolute atomic E-state index is 12.4. The van der Waals surface area contributed by atoms with Gasteiger partial charge in [0.05, 0.1) is 0 Å². The maximum atomic E-state index is 12.4. The summed E-state index contributed by atoms with van der Waals surface area (Å²) in [6.07, 6.45) is 2.66. The Balaban J connectivity index is 2.01. The molecule has 0 spiro atoms. The third-order valence-corrected chi connectivity index (χ3v) is 4.24. The monoisotopic (exact) mass is 260 g/mol. The minimum atomic E-state index is 0.261. The van der Waals surface area contributed by atoms with Crippen molar-refractivity contribution in [2.24, 2.45) is 0 Å². The van der Waals surface area contributed by atoms with Gasteiger partial charge < -0.3 is 10.2 Å². The fourth-order valence-corrected chi connectivity index (χ4v) is 2.93. The molecule has 0 radical (unpaired) electrons. The molecule has 1 aliphatic heterocycles. The second-order valence-corrected chi connectivity index (χ2v) is 5.34. The smallest absolute Gasteiger partial charge is 0.223 e. The van der Waals surface area contributed by atoms with Crippen LogP contribution >= 0.6 is 0 Å². The van der Waals surface area contributed by atoms with Crippen LogP contribution in [0.15, 0.2) is 24.3 Å². The van der Waals surface area contributed by atoms with Crippen molar-refractivity contribution in [3.8, 4) is 0 Å². The van der Waals surface area contributed by atoms with Gasteiger partial charge in [-0.2, -0.15) is 0 Å². The van der Waals surface area contributed by atoms with Crippen molar-refractivity contribution >= 4 is 11.6 Å². The first kappa shape index (κ1) is 13.9. The summed E-state index contributed by atoms with van der Waals surface area (Å²) in [6.45, 7) is 5.16. The molecule has 1 unspecified atom stereocenters. The highest BCUT2D eigenvalue weighted by molar-refractivity contribution is 5.78. The zero-order valence-corrected chi connectivity index (χ0v) is 12.1. The van der Waals surface area contributed by atoms with Crippen molar-refractivity contribution in [2.75, 3.05) is 18.9 Å². The number of carbonyl (C=O) groups excluding carboxylic acids is 1. The van der Waals surface area contributed by atoms with E-state index in [1.54, 1.807) is 0 Å². The van der Waals surface area contributed by atoms with Crippen molar-refractivity contribution < 1.29 is 4.79 Å². The number of fused-ring (bicyclic) bond motifs is 1. The van der Waals surface area contributed by atoms with Gasteiger partial charge in [0.15, 0.2) is 0 Å². The highest BCUT2D eigenvalue weighted by atomic mass is 16.2. The van der Waals surface area contributed by atoms with Crippen LogP contribution in [-0.2, 0) is 4.79 Å². The fraction of sp³-hybridized carbons (Fsp3) is 0.562. The molecule has 1 atom stereocenters. The van der Waals surface area contributed by atoms with Gasteiger partial charge in [-0.25, -0.2) is 0 Å². The van der Waals surface area contributed by atoms with Gasteiger partial charge in [-0.3, -0.25) is 4.79 Å². The molecule has 0 aliphatic carbocycles. The lowest BCUT2D eigenvalue weighted by atomic mass is 9.97. The Labute approximate surface area is 116 Å². The number of amides is 1. The van der Waals surface area contributed by atoms with Gasteiger partial charge in [0.2, 0.25) is 5.91 Å². The Bertz CT molecular complexity index is 440. The molecule has 1 aliphatic rings. The third kappa shape index (κ3) is 2.91. The van der Waals surface area contributed by atoms with E-state index >= 15 is 0 Å². The largest absolute Gasteiger partial charge is 0.384 e. The van der Waals surface area contributed by atoms with Crippen molar-refractivity contribution in [1.82, 2.24) is 4.90 Å². The lowest BCUT2D eigenvalue weighted by molar-refractivity contribution is -0.132. The molecule has 0 fully saturated rings. The van der Waals surface area contributed by atoms with Crippen LogP contribution in [0.25, 0.3) is 0 Å². The predicted molar refractivity (Wildman–Crippen MR) is 79.4 cm³/mol. The van der Waals surface area contributed by atoms with E-state index in [1.807, 2.05) is 24.1 Å². The summed E-state index contributed by atoms with van der Waals surface area (Å²) in [5.41, 5.74) is 2.47. The van der Waals surface area contributed by atoms with Gasteiger partial charge in [0, 0.05) is 37.7 Å². The van der Waals surface area contributed by atoms with Crippen molar-refractivity contribution in [3.05, 3.63) is 29.8 Å². The SMILES string of the molecule is CCC(CC)N(C)C(=O)CC1CNc2ccccc21. The number of hydrogen-bond donors (Lipinski definition) is 1. The normalized spacial score (nSPS) is 17.2. The van der Waals surface area contributed by atoms with Crippen LogP contribution in [0.1, 0.15) is 44.6 Å². The Kier molecular flexibility index (Phi) is 4.46. The minimum Gasteiger partial charge on any atom is -0.384 e. The van der Waals surface area contributed by atoms with Gasteiger partial charge in [0.25, 0.3) is 0 Å². The summed E-state index contributed by atoms with van der Waals surface area (Å²) in [5.74, 6) is 0.581. The van der Waals surface area contributed by atoms with Crippen molar-refractivity contribution in [1.29, 1.82) is 0 Å². The molecule has 104 valence electrons. The molecule has 3 heteroatoms.